The quantitative estimate of drug-likeness (QED) is 0.465. The molecule has 0 N–H and O–H groups in total. The number of hydrogen-bond donors (Lipinski definition) is 0. The number of rotatable bonds is 3. The number of alkyl halides is 3. The van der Waals surface area contributed by atoms with Gasteiger partial charge in [-0.05, 0) is 42.9 Å². The molecule has 0 aliphatic heterocycles. The number of allylic oxidation sites excluding steroid dienone is 6. The van der Waals surface area contributed by atoms with Crippen molar-refractivity contribution in [3.63, 3.8) is 0 Å². The van der Waals surface area contributed by atoms with Crippen molar-refractivity contribution in [1.82, 2.24) is 0 Å². The van der Waals surface area contributed by atoms with Gasteiger partial charge in [-0.15, -0.1) is 23.2 Å². The zero-order valence-corrected chi connectivity index (χ0v) is 18.7. The third kappa shape index (κ3) is 2.48. The summed E-state index contributed by atoms with van der Waals surface area (Å²) in [6, 6.07) is 0. The van der Waals surface area contributed by atoms with Gasteiger partial charge < -0.3 is 4.74 Å². The molecule has 30 heavy (non-hydrogen) atoms. The molecule has 7 heteroatoms. The molecule has 4 aliphatic carbocycles. The lowest BCUT2D eigenvalue weighted by atomic mass is 9.48. The summed E-state index contributed by atoms with van der Waals surface area (Å²) in [5, 5.41) is -0.609. The van der Waals surface area contributed by atoms with E-state index in [0.717, 1.165) is 5.57 Å². The topological polar surface area (TPSA) is 60.4 Å². The second-order valence-electron chi connectivity index (χ2n) is 9.40. The molecule has 7 atom stereocenters. The van der Waals surface area contributed by atoms with Gasteiger partial charge in [-0.25, -0.2) is 4.39 Å². The minimum absolute atomic E-state index is 0.0964. The predicted octanol–water partition coefficient (Wildman–Crippen LogP) is 4.49. The molecule has 0 aromatic rings. The maximum Gasteiger partial charge on any atom is 0.303 e. The molecule has 4 rings (SSSR count). The Hall–Kier alpha value is -1.46. The van der Waals surface area contributed by atoms with Crippen molar-refractivity contribution in [2.24, 2.45) is 22.7 Å². The van der Waals surface area contributed by atoms with Crippen LogP contribution in [0.1, 0.15) is 40.0 Å². The summed E-state index contributed by atoms with van der Waals surface area (Å²) < 4.78 is 19.2. The first-order valence-electron chi connectivity index (χ1n) is 10.2. The van der Waals surface area contributed by atoms with E-state index < -0.39 is 45.1 Å². The summed E-state index contributed by atoms with van der Waals surface area (Å²) in [7, 11) is 0. The Morgan fingerprint density at radius 2 is 2.00 bits per heavy atom. The van der Waals surface area contributed by atoms with Gasteiger partial charge in [0.1, 0.15) is 0 Å². The summed E-state index contributed by atoms with van der Waals surface area (Å²) in [4.78, 5) is 35.7. The lowest BCUT2D eigenvalue weighted by molar-refractivity contribution is -0.185. The fourth-order valence-corrected chi connectivity index (χ4v) is 7.80. The van der Waals surface area contributed by atoms with Crippen LogP contribution in [0, 0.1) is 22.7 Å². The first kappa shape index (κ1) is 21.8. The van der Waals surface area contributed by atoms with Crippen molar-refractivity contribution >= 4 is 40.7 Å². The minimum Gasteiger partial charge on any atom is -0.451 e. The van der Waals surface area contributed by atoms with Gasteiger partial charge in [-0.2, -0.15) is 0 Å². The van der Waals surface area contributed by atoms with Crippen LogP contribution in [0.15, 0.2) is 36.0 Å². The Morgan fingerprint density at radius 1 is 1.30 bits per heavy atom. The number of ether oxygens (including phenoxy) is 1. The molecule has 0 spiro atoms. The molecule has 0 saturated heterocycles. The Bertz CT molecular complexity index is 926. The van der Waals surface area contributed by atoms with E-state index in [-0.39, 0.29) is 30.5 Å². The zero-order valence-electron chi connectivity index (χ0n) is 17.2. The van der Waals surface area contributed by atoms with Gasteiger partial charge >= 0.3 is 5.97 Å². The standard InChI is InChI=1S/C23H25Cl2FO4/c1-13(27)30-22(19(29)12-26)9-7-16-17-5-4-14-10-15(28)6-8-20(14,2)23(17,25)18(24)11-21(16,22)3/h4-6,8,10,16-18H,7,9,11-12H2,1-3H3/t16-,17-,18?,20-,21-,22-,23-/m0/s1. The summed E-state index contributed by atoms with van der Waals surface area (Å²) >= 11 is 14.4. The van der Waals surface area contributed by atoms with E-state index in [1.807, 2.05) is 32.1 Å². The van der Waals surface area contributed by atoms with E-state index in [2.05, 4.69) is 0 Å². The fourth-order valence-electron chi connectivity index (χ4n) is 6.63. The zero-order chi connectivity index (χ0) is 22.1. The predicted molar refractivity (Wildman–Crippen MR) is 112 cm³/mol. The van der Waals surface area contributed by atoms with E-state index >= 15 is 0 Å². The Balaban J connectivity index is 1.87. The molecule has 162 valence electrons. The third-order valence-corrected chi connectivity index (χ3v) is 9.69. The second kappa shape index (κ2) is 6.77. The van der Waals surface area contributed by atoms with Crippen molar-refractivity contribution < 1.29 is 23.5 Å². The normalized spacial score (nSPS) is 46.5. The van der Waals surface area contributed by atoms with Crippen LogP contribution in [0.25, 0.3) is 0 Å². The van der Waals surface area contributed by atoms with Crippen LogP contribution >= 0.6 is 23.2 Å². The van der Waals surface area contributed by atoms with Crippen LogP contribution in [0.3, 0.4) is 0 Å². The van der Waals surface area contributed by atoms with E-state index in [4.69, 9.17) is 27.9 Å². The van der Waals surface area contributed by atoms with E-state index in [1.54, 1.807) is 6.08 Å². The number of esters is 1. The summed E-state index contributed by atoms with van der Waals surface area (Å²) in [6.07, 6.45) is 9.89. The molecule has 0 heterocycles. The lowest BCUT2D eigenvalue weighted by Gasteiger charge is -2.62. The van der Waals surface area contributed by atoms with E-state index in [0.29, 0.717) is 6.42 Å². The molecule has 2 fully saturated rings. The van der Waals surface area contributed by atoms with Crippen molar-refractivity contribution in [3.8, 4) is 0 Å². The SMILES string of the molecule is CC(=O)O[C@]1(C(=O)CF)CC[C@H]2[C@@H]3C=CC4=CC(=O)C=C[C@]4(C)[C@@]3(Cl)C(Cl)C[C@@]21C. The van der Waals surface area contributed by atoms with Gasteiger partial charge in [-0.1, -0.05) is 32.1 Å². The lowest BCUT2D eigenvalue weighted by Crippen LogP contribution is -2.67. The van der Waals surface area contributed by atoms with Crippen molar-refractivity contribution in [2.45, 2.75) is 55.9 Å². The summed E-state index contributed by atoms with van der Waals surface area (Å²) in [5.41, 5.74) is -2.27. The molecule has 1 unspecified atom stereocenters. The highest BCUT2D eigenvalue weighted by molar-refractivity contribution is 6.34. The number of fused-ring (bicyclic) bond motifs is 5. The van der Waals surface area contributed by atoms with Crippen molar-refractivity contribution in [1.29, 1.82) is 0 Å². The molecular formula is C23H25Cl2FO4. The van der Waals surface area contributed by atoms with Crippen LogP contribution in [-0.2, 0) is 19.1 Å². The largest absolute Gasteiger partial charge is 0.451 e. The molecule has 0 amide bonds. The minimum atomic E-state index is -1.55. The maximum absolute atomic E-state index is 13.6. The molecule has 2 saturated carbocycles. The highest BCUT2D eigenvalue weighted by Crippen LogP contribution is 2.70. The molecule has 0 radical (unpaired) electrons. The van der Waals surface area contributed by atoms with Crippen molar-refractivity contribution in [2.75, 3.05) is 6.67 Å². The molecular weight excluding hydrogens is 430 g/mol. The molecule has 0 bridgehead atoms. The summed E-state index contributed by atoms with van der Waals surface area (Å²) in [5.74, 6) is -1.81. The Kier molecular flexibility index (Phi) is 4.91. The first-order chi connectivity index (χ1) is 14.0. The van der Waals surface area contributed by atoms with Gasteiger partial charge in [0.15, 0.2) is 18.1 Å². The van der Waals surface area contributed by atoms with Gasteiger partial charge in [0.05, 0.1) is 10.3 Å². The van der Waals surface area contributed by atoms with Gasteiger partial charge in [0, 0.05) is 23.7 Å². The van der Waals surface area contributed by atoms with E-state index in [9.17, 15) is 18.8 Å². The van der Waals surface area contributed by atoms with Crippen molar-refractivity contribution in [3.05, 3.63) is 36.0 Å². The molecule has 4 nitrogen and oxygen atoms in total. The highest BCUT2D eigenvalue weighted by Gasteiger charge is 2.73. The second-order valence-corrected chi connectivity index (χ2v) is 10.6. The van der Waals surface area contributed by atoms with E-state index in [1.165, 1.54) is 13.0 Å². The molecule has 4 aliphatic rings. The van der Waals surface area contributed by atoms with Gasteiger partial charge in [0.2, 0.25) is 5.78 Å². The Morgan fingerprint density at radius 3 is 2.63 bits per heavy atom. The maximum atomic E-state index is 13.6. The van der Waals surface area contributed by atoms with Gasteiger partial charge in [-0.3, -0.25) is 14.4 Å². The number of halogens is 3. The van der Waals surface area contributed by atoms with Gasteiger partial charge in [0.25, 0.3) is 0 Å². The fraction of sp³-hybridized carbons (Fsp3) is 0.609. The number of hydrogen-bond acceptors (Lipinski definition) is 4. The Labute approximate surface area is 185 Å². The van der Waals surface area contributed by atoms with Crippen LogP contribution in [0.4, 0.5) is 4.39 Å². The molecule has 0 aromatic carbocycles. The number of ketones is 2. The average molecular weight is 455 g/mol. The van der Waals surface area contributed by atoms with Crippen LogP contribution in [0.5, 0.6) is 0 Å². The average Bonchev–Trinajstić information content (AvgIpc) is 2.95. The first-order valence-corrected chi connectivity index (χ1v) is 11.0. The number of carbonyl (C=O) groups excluding carboxylic acids is 3. The monoisotopic (exact) mass is 454 g/mol. The van der Waals surface area contributed by atoms with Crippen LogP contribution < -0.4 is 0 Å². The van der Waals surface area contributed by atoms with Crippen LogP contribution in [-0.4, -0.2) is 40.1 Å². The smallest absolute Gasteiger partial charge is 0.303 e. The highest BCUT2D eigenvalue weighted by atomic mass is 35.5. The summed E-state index contributed by atoms with van der Waals surface area (Å²) in [6.45, 7) is 3.88. The number of carbonyl (C=O) groups is 3. The molecule has 0 aromatic heterocycles. The van der Waals surface area contributed by atoms with Crippen LogP contribution in [0.2, 0.25) is 0 Å². The third-order valence-electron chi connectivity index (χ3n) is 8.17. The number of Topliss-reactive ketones (excluding diaryl/α,β-unsaturated/α-hetero) is 1.